The Morgan fingerprint density at radius 2 is 1.73 bits per heavy atom. The molecule has 1 aromatic rings. The van der Waals surface area contributed by atoms with Gasteiger partial charge in [-0.25, -0.2) is 0 Å². The number of carbonyl (C=O) groups excluding carboxylic acids is 4. The van der Waals surface area contributed by atoms with Gasteiger partial charge in [0.2, 0.25) is 5.91 Å². The van der Waals surface area contributed by atoms with Crippen molar-refractivity contribution in [3.05, 3.63) is 29.8 Å². The Morgan fingerprint density at radius 1 is 1.07 bits per heavy atom. The van der Waals surface area contributed by atoms with Crippen molar-refractivity contribution in [3.8, 4) is 0 Å². The first-order chi connectivity index (χ1) is 19.1. The summed E-state index contributed by atoms with van der Waals surface area (Å²) in [5, 5.41) is 2.93. The van der Waals surface area contributed by atoms with Crippen molar-refractivity contribution < 1.29 is 28.7 Å². The fraction of sp³-hybridized carbons (Fsp3) is 0.677. The van der Waals surface area contributed by atoms with Crippen LogP contribution in [0.25, 0.3) is 0 Å². The van der Waals surface area contributed by atoms with Crippen molar-refractivity contribution in [1.29, 1.82) is 0 Å². The zero-order valence-corrected chi connectivity index (χ0v) is 24.0. The van der Waals surface area contributed by atoms with E-state index in [9.17, 15) is 19.2 Å². The van der Waals surface area contributed by atoms with E-state index < -0.39 is 23.5 Å². The third-order valence-corrected chi connectivity index (χ3v) is 8.62. The first kappa shape index (κ1) is 30.3. The Hall–Kier alpha value is -2.62. The maximum absolute atomic E-state index is 13.8. The molecule has 2 heterocycles. The first-order valence-electron chi connectivity index (χ1n) is 14.8. The Morgan fingerprint density at radius 3 is 2.35 bits per heavy atom. The van der Waals surface area contributed by atoms with E-state index in [1.54, 1.807) is 26.0 Å². The van der Waals surface area contributed by atoms with Gasteiger partial charge in [0.1, 0.15) is 11.4 Å². The molecule has 9 heteroatoms. The monoisotopic (exact) mass is 555 g/mol. The summed E-state index contributed by atoms with van der Waals surface area (Å²) < 4.78 is 10.8. The molecule has 2 aliphatic heterocycles. The number of hydrogen-bond acceptors (Lipinski definition) is 8. The summed E-state index contributed by atoms with van der Waals surface area (Å²) in [4.78, 5) is 55.1. The molecule has 1 amide bonds. The number of Topliss-reactive ketones (excluding diaryl/α,β-unsaturated/α-hetero) is 3. The van der Waals surface area contributed by atoms with Crippen LogP contribution in [0.15, 0.2) is 24.3 Å². The molecule has 3 aliphatic rings. The van der Waals surface area contributed by atoms with E-state index in [-0.39, 0.29) is 42.5 Å². The standard InChI is InChI=1S/C31H45N3O6/c1-21(15-26(35)19-34-11-13-39-14-12-34)30(38)33-27(17-23-7-9-25(32)10-8-23)28(36)18-24(16-22-5-3-4-6-22)29(37)31(2)20-40-31/h7-10,21-22,24,27H,3-6,11-20,32H2,1-2H3,(H,33,38)/t21-,24-,27+,31-/m1/s1. The number of morpholine rings is 1. The number of amides is 1. The number of hydrogen-bond donors (Lipinski definition) is 2. The molecule has 0 bridgehead atoms. The number of anilines is 1. The lowest BCUT2D eigenvalue weighted by molar-refractivity contribution is -0.134. The molecule has 40 heavy (non-hydrogen) atoms. The van der Waals surface area contributed by atoms with Crippen LogP contribution >= 0.6 is 0 Å². The van der Waals surface area contributed by atoms with Gasteiger partial charge in [-0.15, -0.1) is 0 Å². The van der Waals surface area contributed by atoms with E-state index in [1.165, 1.54) is 0 Å². The number of nitrogens with two attached hydrogens (primary N) is 1. The number of ketones is 3. The van der Waals surface area contributed by atoms with E-state index in [1.807, 2.05) is 17.0 Å². The SMILES string of the molecule is C[C@H](CC(=O)CN1CCOCC1)C(=O)N[C@@H](Cc1ccc(N)cc1)C(=O)C[C@@H](CC1CCCC1)C(=O)[C@@]1(C)CO1. The van der Waals surface area contributed by atoms with Crippen LogP contribution < -0.4 is 11.1 Å². The van der Waals surface area contributed by atoms with Crippen molar-refractivity contribution in [3.63, 3.8) is 0 Å². The third kappa shape index (κ3) is 8.69. The highest BCUT2D eigenvalue weighted by atomic mass is 16.6. The quantitative estimate of drug-likeness (QED) is 0.250. The van der Waals surface area contributed by atoms with E-state index in [0.717, 1.165) is 31.2 Å². The maximum Gasteiger partial charge on any atom is 0.223 e. The Bertz CT molecular complexity index is 1040. The van der Waals surface area contributed by atoms with E-state index in [0.29, 0.717) is 57.5 Å². The largest absolute Gasteiger partial charge is 0.399 e. The maximum atomic E-state index is 13.8. The second-order valence-electron chi connectivity index (χ2n) is 12.2. The zero-order valence-electron chi connectivity index (χ0n) is 24.0. The second kappa shape index (κ2) is 13.8. The predicted octanol–water partition coefficient (Wildman–Crippen LogP) is 2.74. The molecule has 9 nitrogen and oxygen atoms in total. The molecule has 0 spiro atoms. The number of rotatable bonds is 15. The summed E-state index contributed by atoms with van der Waals surface area (Å²) >= 11 is 0. The number of nitrogens with zero attached hydrogens (tertiary/aromatic N) is 1. The Balaban J connectivity index is 1.42. The van der Waals surface area contributed by atoms with Gasteiger partial charge in [-0.1, -0.05) is 44.7 Å². The van der Waals surface area contributed by atoms with E-state index in [4.69, 9.17) is 15.2 Å². The van der Waals surface area contributed by atoms with Crippen LogP contribution in [0.4, 0.5) is 5.69 Å². The minimum absolute atomic E-state index is 0.00705. The average molecular weight is 556 g/mol. The van der Waals surface area contributed by atoms with Gasteiger partial charge in [-0.2, -0.15) is 0 Å². The van der Waals surface area contributed by atoms with Crippen molar-refractivity contribution in [2.75, 3.05) is 45.2 Å². The van der Waals surface area contributed by atoms with Crippen LogP contribution in [-0.4, -0.2) is 79.3 Å². The van der Waals surface area contributed by atoms with Crippen molar-refractivity contribution in [1.82, 2.24) is 10.2 Å². The van der Waals surface area contributed by atoms with E-state index in [2.05, 4.69) is 5.32 Å². The summed E-state index contributed by atoms with van der Waals surface area (Å²) in [5.41, 5.74) is 6.52. The summed E-state index contributed by atoms with van der Waals surface area (Å²) in [5.74, 6) is -1.09. The van der Waals surface area contributed by atoms with Crippen LogP contribution in [-0.2, 0) is 35.1 Å². The molecular weight excluding hydrogens is 510 g/mol. The van der Waals surface area contributed by atoms with Crippen LogP contribution in [0.3, 0.4) is 0 Å². The van der Waals surface area contributed by atoms with Crippen molar-refractivity contribution >= 4 is 28.9 Å². The minimum atomic E-state index is -0.806. The molecule has 1 aliphatic carbocycles. The van der Waals surface area contributed by atoms with Gasteiger partial charge in [-0.05, 0) is 43.4 Å². The van der Waals surface area contributed by atoms with Crippen LogP contribution in [0, 0.1) is 17.8 Å². The predicted molar refractivity (Wildman–Crippen MR) is 152 cm³/mol. The second-order valence-corrected chi connectivity index (χ2v) is 12.2. The molecule has 220 valence electrons. The summed E-state index contributed by atoms with van der Waals surface area (Å²) in [7, 11) is 0. The molecule has 0 radical (unpaired) electrons. The van der Waals surface area contributed by atoms with Gasteiger partial charge in [0.05, 0.1) is 32.4 Å². The number of nitrogen functional groups attached to an aromatic ring is 1. The molecule has 0 unspecified atom stereocenters. The zero-order chi connectivity index (χ0) is 28.7. The first-order valence-corrected chi connectivity index (χ1v) is 14.8. The lowest BCUT2D eigenvalue weighted by atomic mass is 9.81. The third-order valence-electron chi connectivity index (χ3n) is 8.62. The van der Waals surface area contributed by atoms with Gasteiger partial charge >= 0.3 is 0 Å². The van der Waals surface area contributed by atoms with Crippen molar-refractivity contribution in [2.24, 2.45) is 17.8 Å². The average Bonchev–Trinajstić information content (AvgIpc) is 3.47. The van der Waals surface area contributed by atoms with Gasteiger partial charge in [0.15, 0.2) is 11.6 Å². The summed E-state index contributed by atoms with van der Waals surface area (Å²) in [6.07, 6.45) is 5.61. The normalized spacial score (nSPS) is 23.8. The fourth-order valence-electron chi connectivity index (χ4n) is 5.96. The highest BCUT2D eigenvalue weighted by Gasteiger charge is 2.50. The molecular formula is C31H45N3O6. The lowest BCUT2D eigenvalue weighted by Crippen LogP contribution is -2.46. The summed E-state index contributed by atoms with van der Waals surface area (Å²) in [6.45, 7) is 6.81. The van der Waals surface area contributed by atoms with Gasteiger partial charge in [-0.3, -0.25) is 24.1 Å². The highest BCUT2D eigenvalue weighted by molar-refractivity contribution is 5.97. The Labute approximate surface area is 237 Å². The van der Waals surface area contributed by atoms with E-state index >= 15 is 0 Å². The van der Waals surface area contributed by atoms with Crippen LogP contribution in [0.2, 0.25) is 0 Å². The molecule has 3 fully saturated rings. The molecule has 3 N–H and O–H groups in total. The van der Waals surface area contributed by atoms with Crippen molar-refractivity contribution in [2.45, 2.75) is 76.9 Å². The molecule has 0 aromatic heterocycles. The van der Waals surface area contributed by atoms with Gasteiger partial charge in [0, 0.05) is 43.5 Å². The molecule has 4 atom stereocenters. The molecule has 4 rings (SSSR count). The number of epoxide rings is 1. The summed E-state index contributed by atoms with van der Waals surface area (Å²) in [6, 6.07) is 6.42. The lowest BCUT2D eigenvalue weighted by Gasteiger charge is -2.26. The van der Waals surface area contributed by atoms with Gasteiger partial charge < -0.3 is 20.5 Å². The highest BCUT2D eigenvalue weighted by Crippen LogP contribution is 2.37. The number of benzene rings is 1. The molecule has 1 saturated carbocycles. The fourth-order valence-corrected chi connectivity index (χ4v) is 5.96. The molecule has 1 aromatic carbocycles. The number of ether oxygens (including phenoxy) is 2. The smallest absolute Gasteiger partial charge is 0.223 e. The Kier molecular flexibility index (Phi) is 10.5. The van der Waals surface area contributed by atoms with Crippen LogP contribution in [0.5, 0.6) is 0 Å². The number of carbonyl (C=O) groups is 4. The van der Waals surface area contributed by atoms with Gasteiger partial charge in [0.25, 0.3) is 0 Å². The topological polar surface area (TPSA) is 131 Å². The van der Waals surface area contributed by atoms with Crippen LogP contribution in [0.1, 0.15) is 64.4 Å². The molecule has 2 saturated heterocycles. The number of nitrogens with one attached hydrogen (secondary N) is 1. The minimum Gasteiger partial charge on any atom is -0.399 e.